The Labute approximate surface area is 124 Å². The van der Waals surface area contributed by atoms with Gasteiger partial charge >= 0.3 is 0 Å². The number of likely N-dealkylation sites (N-methyl/N-ethyl adjacent to an activating group) is 1. The highest BCUT2D eigenvalue weighted by Crippen LogP contribution is 2.27. The van der Waals surface area contributed by atoms with E-state index >= 15 is 0 Å². The van der Waals surface area contributed by atoms with Crippen molar-refractivity contribution in [3.63, 3.8) is 0 Å². The Bertz CT molecular complexity index is 481. The second kappa shape index (κ2) is 6.13. The lowest BCUT2D eigenvalue weighted by Crippen LogP contribution is -2.37. The van der Waals surface area contributed by atoms with Crippen LogP contribution in [0.2, 0.25) is 5.02 Å². The summed E-state index contributed by atoms with van der Waals surface area (Å²) in [6.45, 7) is 4.59. The zero-order valence-electron chi connectivity index (χ0n) is 11.4. The third-order valence-electron chi connectivity index (χ3n) is 3.02. The fourth-order valence-electron chi connectivity index (χ4n) is 1.94. The second-order valence-corrected chi connectivity index (χ2v) is 5.93. The van der Waals surface area contributed by atoms with Crippen molar-refractivity contribution in [1.82, 2.24) is 14.9 Å². The molecule has 19 heavy (non-hydrogen) atoms. The quantitative estimate of drug-likeness (QED) is 0.799. The van der Waals surface area contributed by atoms with Crippen LogP contribution >= 0.6 is 23.8 Å². The van der Waals surface area contributed by atoms with Gasteiger partial charge in [0, 0.05) is 36.6 Å². The summed E-state index contributed by atoms with van der Waals surface area (Å²) >= 11 is 11.5. The molecule has 0 saturated carbocycles. The largest absolute Gasteiger partial charge is 0.385 e. The first-order valence-electron chi connectivity index (χ1n) is 6.25. The molecular weight excluding hydrogens is 282 g/mol. The number of pyridine rings is 1. The standard InChI is InChI=1S/C13H18ClN3OS/c1-9-8-17(5-4-16(2)3)18-13-11(12(9)19)6-10(14)7-15-13/h6-7,9H,4-5,8H2,1-3H3. The van der Waals surface area contributed by atoms with E-state index in [0.717, 1.165) is 30.1 Å². The third-order valence-corrected chi connectivity index (χ3v) is 3.85. The molecule has 0 aliphatic carbocycles. The molecule has 0 fully saturated rings. The number of rotatable bonds is 3. The van der Waals surface area contributed by atoms with Crippen LogP contribution in [-0.2, 0) is 0 Å². The number of fused-ring (bicyclic) bond motifs is 1. The lowest BCUT2D eigenvalue weighted by atomic mass is 10.0. The van der Waals surface area contributed by atoms with Gasteiger partial charge in [-0.3, -0.25) is 0 Å². The van der Waals surface area contributed by atoms with E-state index in [4.69, 9.17) is 28.7 Å². The zero-order valence-corrected chi connectivity index (χ0v) is 13.0. The van der Waals surface area contributed by atoms with Crippen LogP contribution in [0.25, 0.3) is 0 Å². The van der Waals surface area contributed by atoms with Gasteiger partial charge in [-0.1, -0.05) is 30.7 Å². The average molecular weight is 300 g/mol. The molecule has 0 amide bonds. The van der Waals surface area contributed by atoms with Gasteiger partial charge in [-0.25, -0.2) is 4.98 Å². The highest BCUT2D eigenvalue weighted by molar-refractivity contribution is 7.80. The van der Waals surface area contributed by atoms with E-state index in [1.807, 2.05) is 25.2 Å². The molecule has 1 aliphatic heterocycles. The first-order valence-corrected chi connectivity index (χ1v) is 7.03. The minimum atomic E-state index is 0.235. The van der Waals surface area contributed by atoms with E-state index in [1.54, 1.807) is 6.20 Å². The summed E-state index contributed by atoms with van der Waals surface area (Å²) in [7, 11) is 4.08. The Hall–Kier alpha value is -0.750. The van der Waals surface area contributed by atoms with Crippen LogP contribution in [0.1, 0.15) is 12.5 Å². The molecule has 104 valence electrons. The van der Waals surface area contributed by atoms with E-state index in [0.29, 0.717) is 10.9 Å². The number of aromatic nitrogens is 1. The van der Waals surface area contributed by atoms with Gasteiger partial charge in [-0.05, 0) is 20.2 Å². The maximum absolute atomic E-state index is 5.98. The first kappa shape index (κ1) is 14.7. The maximum atomic E-state index is 5.98. The van der Waals surface area contributed by atoms with Crippen molar-refractivity contribution in [2.45, 2.75) is 6.92 Å². The maximum Gasteiger partial charge on any atom is 0.246 e. The lowest BCUT2D eigenvalue weighted by molar-refractivity contribution is -0.0673. The minimum Gasteiger partial charge on any atom is -0.385 e. The molecule has 4 nitrogen and oxygen atoms in total. The van der Waals surface area contributed by atoms with Gasteiger partial charge in [0.2, 0.25) is 5.88 Å². The van der Waals surface area contributed by atoms with Crippen LogP contribution in [0.4, 0.5) is 0 Å². The predicted octanol–water partition coefficient (Wildman–Crippen LogP) is 2.26. The van der Waals surface area contributed by atoms with E-state index in [2.05, 4.69) is 16.8 Å². The normalized spacial score (nSPS) is 20.1. The fourth-order valence-corrected chi connectivity index (χ4v) is 2.32. The number of hydroxylamine groups is 2. The number of halogens is 1. The SMILES string of the molecule is CC1CN(CCN(C)C)Oc2ncc(Cl)cc2C1=S. The summed E-state index contributed by atoms with van der Waals surface area (Å²) in [6, 6.07) is 1.83. The molecule has 0 N–H and O–H groups in total. The number of thiocarbonyl (C=S) groups is 1. The fraction of sp³-hybridized carbons (Fsp3) is 0.538. The zero-order chi connectivity index (χ0) is 14.0. The van der Waals surface area contributed by atoms with Crippen molar-refractivity contribution in [3.8, 4) is 5.88 Å². The van der Waals surface area contributed by atoms with Crippen LogP contribution in [-0.4, -0.2) is 53.5 Å². The van der Waals surface area contributed by atoms with Gasteiger partial charge in [-0.15, -0.1) is 5.06 Å². The summed E-state index contributed by atoms with van der Waals surface area (Å²) in [6.07, 6.45) is 1.59. The lowest BCUT2D eigenvalue weighted by Gasteiger charge is -2.23. The summed E-state index contributed by atoms with van der Waals surface area (Å²) in [5.41, 5.74) is 0.836. The van der Waals surface area contributed by atoms with Crippen LogP contribution in [0.3, 0.4) is 0 Å². The molecule has 1 aliphatic rings. The van der Waals surface area contributed by atoms with Crippen LogP contribution in [0, 0.1) is 5.92 Å². The number of hydrogen-bond acceptors (Lipinski definition) is 5. The second-order valence-electron chi connectivity index (χ2n) is 5.05. The molecule has 1 atom stereocenters. The molecule has 1 aromatic rings. The molecule has 0 saturated heterocycles. The van der Waals surface area contributed by atoms with Gasteiger partial charge in [0.25, 0.3) is 0 Å². The van der Waals surface area contributed by atoms with Gasteiger partial charge in [-0.2, -0.15) is 0 Å². The Morgan fingerprint density at radius 1 is 1.58 bits per heavy atom. The summed E-state index contributed by atoms with van der Waals surface area (Å²) in [5, 5.41) is 2.50. The van der Waals surface area contributed by atoms with E-state index in [-0.39, 0.29) is 5.92 Å². The first-order chi connectivity index (χ1) is 8.97. The molecule has 1 unspecified atom stereocenters. The Kier molecular flexibility index (Phi) is 4.73. The highest BCUT2D eigenvalue weighted by Gasteiger charge is 2.26. The van der Waals surface area contributed by atoms with Crippen molar-refractivity contribution in [1.29, 1.82) is 0 Å². The summed E-state index contributed by atoms with van der Waals surface area (Å²) < 4.78 is 0. The van der Waals surface area contributed by atoms with Crippen molar-refractivity contribution < 1.29 is 4.84 Å². The Morgan fingerprint density at radius 3 is 3.00 bits per heavy atom. The van der Waals surface area contributed by atoms with Crippen LogP contribution in [0.15, 0.2) is 12.3 Å². The summed E-state index contributed by atoms with van der Waals surface area (Å²) in [5.74, 6) is 0.788. The molecule has 6 heteroatoms. The van der Waals surface area contributed by atoms with Crippen molar-refractivity contribution in [2.24, 2.45) is 5.92 Å². The van der Waals surface area contributed by atoms with Gasteiger partial charge in [0.05, 0.1) is 10.6 Å². The number of hydrogen-bond donors (Lipinski definition) is 0. The molecule has 0 radical (unpaired) electrons. The molecule has 2 heterocycles. The Morgan fingerprint density at radius 2 is 2.32 bits per heavy atom. The Balaban J connectivity index is 2.22. The van der Waals surface area contributed by atoms with E-state index in [1.165, 1.54) is 0 Å². The van der Waals surface area contributed by atoms with E-state index in [9.17, 15) is 0 Å². The third kappa shape index (κ3) is 3.63. The van der Waals surface area contributed by atoms with Crippen LogP contribution < -0.4 is 4.84 Å². The van der Waals surface area contributed by atoms with E-state index < -0.39 is 0 Å². The van der Waals surface area contributed by atoms with Gasteiger partial charge in [0.15, 0.2) is 0 Å². The summed E-state index contributed by atoms with van der Waals surface area (Å²) in [4.78, 5) is 13.1. The van der Waals surface area contributed by atoms with Gasteiger partial charge < -0.3 is 9.74 Å². The minimum absolute atomic E-state index is 0.235. The van der Waals surface area contributed by atoms with Crippen molar-refractivity contribution in [3.05, 3.63) is 22.8 Å². The highest BCUT2D eigenvalue weighted by atomic mass is 35.5. The van der Waals surface area contributed by atoms with Crippen molar-refractivity contribution >= 4 is 28.7 Å². The molecule has 0 bridgehead atoms. The van der Waals surface area contributed by atoms with Gasteiger partial charge in [0.1, 0.15) is 0 Å². The predicted molar refractivity (Wildman–Crippen MR) is 80.9 cm³/mol. The molecule has 1 aromatic heterocycles. The van der Waals surface area contributed by atoms with Crippen molar-refractivity contribution in [2.75, 3.05) is 33.7 Å². The molecular formula is C13H18ClN3OS. The molecule has 0 spiro atoms. The topological polar surface area (TPSA) is 28.6 Å². The molecule has 0 aromatic carbocycles. The monoisotopic (exact) mass is 299 g/mol. The molecule has 2 rings (SSSR count). The van der Waals surface area contributed by atoms with Crippen LogP contribution in [0.5, 0.6) is 5.88 Å². The average Bonchev–Trinajstić information content (AvgIpc) is 2.47. The number of nitrogens with zero attached hydrogens (tertiary/aromatic N) is 3. The smallest absolute Gasteiger partial charge is 0.246 e.